The minimum Gasteiger partial charge on any atom is -0.371 e. The molecule has 340 valence electrons. The number of aryl methyl sites for hydroxylation is 2. The number of piperidine rings is 2. The van der Waals surface area contributed by atoms with E-state index in [9.17, 15) is 28.8 Å². The molecule has 0 aliphatic carbocycles. The Balaban J connectivity index is 0.990. The van der Waals surface area contributed by atoms with Crippen LogP contribution < -0.4 is 31.4 Å². The average molecular weight is 902 g/mol. The number of nitrogens with zero attached hydrogens (tertiary/aromatic N) is 6. The molecule has 3 fully saturated rings. The number of hydrogen-bond donors (Lipinski definition) is 3. The number of aromatic nitrogens is 4. The van der Waals surface area contributed by atoms with Gasteiger partial charge in [-0.3, -0.25) is 43.1 Å². The number of carbonyl (C=O) groups excluding carboxylic acids is 5. The van der Waals surface area contributed by atoms with Gasteiger partial charge in [0.1, 0.15) is 11.9 Å². The summed E-state index contributed by atoms with van der Waals surface area (Å²) in [5.74, 6) is -2.24. The predicted molar refractivity (Wildman–Crippen MR) is 254 cm³/mol. The largest absolute Gasteiger partial charge is 0.371 e. The van der Waals surface area contributed by atoms with Gasteiger partial charge < -0.3 is 20.4 Å². The molecule has 10 rings (SSSR count). The molecule has 5 aromatic carbocycles. The third kappa shape index (κ3) is 7.71. The summed E-state index contributed by atoms with van der Waals surface area (Å²) < 4.78 is 21.9. The molecule has 0 bridgehead atoms. The van der Waals surface area contributed by atoms with Crippen molar-refractivity contribution in [3.8, 4) is 22.3 Å². The van der Waals surface area contributed by atoms with Crippen LogP contribution in [0.3, 0.4) is 0 Å². The van der Waals surface area contributed by atoms with Crippen LogP contribution in [-0.4, -0.2) is 75.1 Å². The molecule has 3 aliphatic rings. The first kappa shape index (κ1) is 43.0. The Morgan fingerprint density at radius 3 is 2.36 bits per heavy atom. The van der Waals surface area contributed by atoms with Crippen molar-refractivity contribution in [2.45, 2.75) is 50.5 Å². The molecule has 2 aromatic heterocycles. The smallest absolute Gasteiger partial charge is 0.329 e. The lowest BCUT2D eigenvalue weighted by molar-refractivity contribution is -0.135. The van der Waals surface area contributed by atoms with Crippen molar-refractivity contribution in [2.24, 2.45) is 14.1 Å². The molecular formula is C51H48FN9O6. The van der Waals surface area contributed by atoms with E-state index >= 15 is 4.39 Å². The van der Waals surface area contributed by atoms with Crippen LogP contribution in [0.2, 0.25) is 0 Å². The number of benzene rings is 5. The Morgan fingerprint density at radius 2 is 1.57 bits per heavy atom. The number of amides is 5. The molecule has 3 saturated heterocycles. The molecular weight excluding hydrogens is 854 g/mol. The van der Waals surface area contributed by atoms with E-state index in [0.29, 0.717) is 64.1 Å². The summed E-state index contributed by atoms with van der Waals surface area (Å²) in [6.07, 6.45) is 3.46. The lowest BCUT2D eigenvalue weighted by Gasteiger charge is -2.35. The van der Waals surface area contributed by atoms with Crippen molar-refractivity contribution in [3.05, 3.63) is 130 Å². The maximum absolute atomic E-state index is 17.3. The second kappa shape index (κ2) is 17.2. The number of imidazole rings is 1. The first-order valence-corrected chi connectivity index (χ1v) is 22.5. The van der Waals surface area contributed by atoms with Gasteiger partial charge in [-0.1, -0.05) is 30.3 Å². The third-order valence-electron chi connectivity index (χ3n) is 13.5. The number of imide groups is 1. The molecule has 3 aliphatic heterocycles. The zero-order valence-electron chi connectivity index (χ0n) is 37.3. The van der Waals surface area contributed by atoms with Crippen molar-refractivity contribution in [1.82, 2.24) is 29.5 Å². The minimum absolute atomic E-state index is 0.0251. The van der Waals surface area contributed by atoms with Crippen molar-refractivity contribution in [2.75, 3.05) is 41.8 Å². The Morgan fingerprint density at radius 1 is 0.761 bits per heavy atom. The summed E-state index contributed by atoms with van der Waals surface area (Å²) in [5.41, 5.74) is 7.15. The molecule has 0 spiro atoms. The zero-order valence-corrected chi connectivity index (χ0v) is 37.3. The number of fused-ring (bicyclic) bond motifs is 2. The normalized spacial score (nSPS) is 17.6. The lowest BCUT2D eigenvalue weighted by Crippen LogP contribution is -2.44. The highest BCUT2D eigenvalue weighted by molar-refractivity contribution is 6.12. The highest BCUT2D eigenvalue weighted by Gasteiger charge is 2.32. The van der Waals surface area contributed by atoms with Gasteiger partial charge in [-0.2, -0.15) is 5.10 Å². The SMILES string of the molecule is CNC(=O)c1cccc(NC(=O)c2nn(C)c3ccc(-c4ccc(N5CCCC5=O)cc4-c4cccc(N5CCCC(c6ccc7c(c6)n(C)c(=O)n7C6CCC(=O)NC6=O)C5)c4)c(F)c23)c1. The van der Waals surface area contributed by atoms with Crippen LogP contribution in [0.15, 0.2) is 102 Å². The summed E-state index contributed by atoms with van der Waals surface area (Å²) >= 11 is 0. The summed E-state index contributed by atoms with van der Waals surface area (Å²) in [5, 5.41) is 12.2. The fraction of sp³-hybridized carbons (Fsp3) is 0.275. The maximum Gasteiger partial charge on any atom is 0.329 e. The van der Waals surface area contributed by atoms with Gasteiger partial charge in [0, 0.05) is 87.7 Å². The van der Waals surface area contributed by atoms with E-state index in [0.717, 1.165) is 42.6 Å². The van der Waals surface area contributed by atoms with Crippen LogP contribution in [-0.2, 0) is 28.5 Å². The van der Waals surface area contributed by atoms with E-state index in [2.05, 4.69) is 38.1 Å². The van der Waals surface area contributed by atoms with E-state index in [1.165, 1.54) is 22.4 Å². The van der Waals surface area contributed by atoms with Crippen molar-refractivity contribution in [3.63, 3.8) is 0 Å². The van der Waals surface area contributed by atoms with E-state index < -0.39 is 23.7 Å². The number of halogens is 1. The predicted octanol–water partition coefficient (Wildman–Crippen LogP) is 6.80. The molecule has 2 atom stereocenters. The fourth-order valence-electron chi connectivity index (χ4n) is 10.1. The molecule has 5 amide bonds. The standard InChI is InChI=1S/C51H48FN9O6/c1-53-48(64)31-9-4-11-33(24-31)54-50(66)47-45-40(58(3)56-47)19-17-37(46(45)52)36-16-15-35(60-23-7-13-44(60)63)27-38(36)30-8-5-12-34(25-30)59-22-6-10-32(28-59)29-14-18-39-42(26-29)57(2)51(67)61(39)41-20-21-43(62)55-49(41)65/h4-5,8-9,11-12,14-19,24-27,32,41H,6-7,10,13,20-23,28H2,1-3H3,(H,53,64)(H,54,66)(H,55,62,65). The first-order chi connectivity index (χ1) is 32.4. The number of hydrogen-bond acceptors (Lipinski definition) is 8. The maximum atomic E-state index is 17.3. The van der Waals surface area contributed by atoms with Crippen LogP contribution in [0.5, 0.6) is 0 Å². The Hall–Kier alpha value is -7.88. The van der Waals surface area contributed by atoms with Crippen LogP contribution >= 0.6 is 0 Å². The van der Waals surface area contributed by atoms with Crippen molar-refractivity contribution >= 4 is 68.5 Å². The number of rotatable bonds is 9. The van der Waals surface area contributed by atoms with Crippen LogP contribution in [0.4, 0.5) is 21.5 Å². The number of carbonyl (C=O) groups is 5. The second-order valence-corrected chi connectivity index (χ2v) is 17.5. The topological polar surface area (TPSA) is 173 Å². The molecule has 67 heavy (non-hydrogen) atoms. The van der Waals surface area contributed by atoms with E-state index in [1.807, 2.05) is 48.5 Å². The van der Waals surface area contributed by atoms with Gasteiger partial charge in [0.2, 0.25) is 17.7 Å². The highest BCUT2D eigenvalue weighted by Crippen LogP contribution is 2.41. The summed E-state index contributed by atoms with van der Waals surface area (Å²) in [7, 11) is 4.87. The molecule has 7 aromatic rings. The average Bonchev–Trinajstić information content (AvgIpc) is 4.01. The third-order valence-corrected chi connectivity index (χ3v) is 13.5. The van der Waals surface area contributed by atoms with Crippen LogP contribution in [0, 0.1) is 5.82 Å². The summed E-state index contributed by atoms with van der Waals surface area (Å²) in [4.78, 5) is 81.5. The quantitative estimate of drug-likeness (QED) is 0.133. The number of anilines is 3. The molecule has 15 nitrogen and oxygen atoms in total. The van der Waals surface area contributed by atoms with E-state index in [-0.39, 0.29) is 58.8 Å². The van der Waals surface area contributed by atoms with Gasteiger partial charge in [-0.15, -0.1) is 0 Å². The molecule has 3 N–H and O–H groups in total. The highest BCUT2D eigenvalue weighted by atomic mass is 19.1. The Kier molecular flexibility index (Phi) is 11.0. The molecule has 2 unspecified atom stereocenters. The van der Waals surface area contributed by atoms with E-state index in [4.69, 9.17) is 0 Å². The van der Waals surface area contributed by atoms with Gasteiger partial charge in [0.15, 0.2) is 5.69 Å². The summed E-state index contributed by atoms with van der Waals surface area (Å²) in [6.45, 7) is 2.07. The lowest BCUT2D eigenvalue weighted by atomic mass is 9.89. The van der Waals surface area contributed by atoms with Crippen LogP contribution in [0.1, 0.15) is 76.9 Å². The van der Waals surface area contributed by atoms with Crippen molar-refractivity contribution in [1.29, 1.82) is 0 Å². The van der Waals surface area contributed by atoms with Gasteiger partial charge >= 0.3 is 5.69 Å². The Labute approximate surface area is 384 Å². The summed E-state index contributed by atoms with van der Waals surface area (Å²) in [6, 6.07) is 28.8. The second-order valence-electron chi connectivity index (χ2n) is 17.5. The number of nitrogens with one attached hydrogen (secondary N) is 3. The van der Waals surface area contributed by atoms with Crippen molar-refractivity contribution < 1.29 is 28.4 Å². The minimum atomic E-state index is -0.764. The molecule has 16 heteroatoms. The van der Waals surface area contributed by atoms with Gasteiger partial charge in [-0.05, 0) is 115 Å². The van der Waals surface area contributed by atoms with Gasteiger partial charge in [0.05, 0.1) is 21.9 Å². The Bertz CT molecular complexity index is 3280. The van der Waals surface area contributed by atoms with Gasteiger partial charge in [-0.25, -0.2) is 9.18 Å². The molecule has 0 radical (unpaired) electrons. The van der Waals surface area contributed by atoms with Crippen LogP contribution in [0.25, 0.3) is 44.2 Å². The molecule has 0 saturated carbocycles. The van der Waals surface area contributed by atoms with E-state index in [1.54, 1.807) is 53.9 Å². The first-order valence-electron chi connectivity index (χ1n) is 22.5. The fourth-order valence-corrected chi connectivity index (χ4v) is 10.1. The zero-order chi connectivity index (χ0) is 46.7. The monoisotopic (exact) mass is 901 g/mol. The molecule has 5 heterocycles. The van der Waals surface area contributed by atoms with Gasteiger partial charge in [0.25, 0.3) is 11.8 Å².